The number of rotatable bonds is 6. The summed E-state index contributed by atoms with van der Waals surface area (Å²) < 4.78 is 0. The lowest BCUT2D eigenvalue weighted by molar-refractivity contribution is 0.457. The largest absolute Gasteiger partial charge is 0.508 e. The Labute approximate surface area is 99.5 Å². The normalized spacial score (nSPS) is 11.0. The number of hydrogen-bond acceptors (Lipinski definition) is 1. The number of unbranched alkanes of at least 4 members (excludes halogenated alkanes) is 1. The van der Waals surface area contributed by atoms with E-state index in [4.69, 9.17) is 0 Å². The van der Waals surface area contributed by atoms with Gasteiger partial charge in [0.1, 0.15) is 5.75 Å². The molecule has 0 aliphatic carbocycles. The summed E-state index contributed by atoms with van der Waals surface area (Å²) in [6, 6.07) is 6.11. The zero-order chi connectivity index (χ0) is 12.0. The molecule has 0 aliphatic heterocycles. The molecule has 0 amide bonds. The average molecular weight is 220 g/mol. The fraction of sp³-hybridized carbons (Fsp3) is 0.600. The number of aryl methyl sites for hydroxylation is 1. The fourth-order valence-electron chi connectivity index (χ4n) is 2.20. The van der Waals surface area contributed by atoms with Crippen molar-refractivity contribution in [1.82, 2.24) is 0 Å². The Morgan fingerprint density at radius 1 is 1.12 bits per heavy atom. The van der Waals surface area contributed by atoms with Crippen molar-refractivity contribution in [1.29, 1.82) is 0 Å². The first-order valence-corrected chi connectivity index (χ1v) is 6.54. The number of hydrogen-bond donors (Lipinski definition) is 1. The van der Waals surface area contributed by atoms with Gasteiger partial charge in [-0.2, -0.15) is 0 Å². The van der Waals surface area contributed by atoms with Gasteiger partial charge in [-0.3, -0.25) is 0 Å². The molecule has 0 spiro atoms. The zero-order valence-electron chi connectivity index (χ0n) is 10.8. The van der Waals surface area contributed by atoms with E-state index in [1.165, 1.54) is 18.4 Å². The zero-order valence-corrected chi connectivity index (χ0v) is 10.8. The monoisotopic (exact) mass is 220 g/mol. The molecule has 0 fully saturated rings. The molecule has 0 unspecified atom stereocenters. The third-order valence-corrected chi connectivity index (χ3v) is 3.34. The molecule has 1 aromatic carbocycles. The molecule has 0 heterocycles. The van der Waals surface area contributed by atoms with Gasteiger partial charge in [0, 0.05) is 0 Å². The van der Waals surface area contributed by atoms with Crippen LogP contribution in [0.25, 0.3) is 0 Å². The minimum Gasteiger partial charge on any atom is -0.508 e. The second-order valence-electron chi connectivity index (χ2n) is 4.51. The number of phenolic OH excluding ortho intramolecular Hbond substituents is 1. The molecule has 1 aromatic rings. The van der Waals surface area contributed by atoms with Gasteiger partial charge in [0.15, 0.2) is 0 Å². The molecule has 0 saturated heterocycles. The maximum absolute atomic E-state index is 9.89. The Bertz CT molecular complexity index is 313. The molecule has 90 valence electrons. The number of benzene rings is 1. The van der Waals surface area contributed by atoms with Crippen molar-refractivity contribution in [3.05, 3.63) is 29.3 Å². The SMILES string of the molecule is CCCCc1ccc(O)c(C(CC)CC)c1. The summed E-state index contributed by atoms with van der Waals surface area (Å²) in [7, 11) is 0. The van der Waals surface area contributed by atoms with Crippen molar-refractivity contribution in [2.24, 2.45) is 0 Å². The van der Waals surface area contributed by atoms with Gasteiger partial charge in [-0.15, -0.1) is 0 Å². The van der Waals surface area contributed by atoms with E-state index < -0.39 is 0 Å². The Morgan fingerprint density at radius 3 is 2.38 bits per heavy atom. The lowest BCUT2D eigenvalue weighted by atomic mass is 9.91. The highest BCUT2D eigenvalue weighted by Gasteiger charge is 2.12. The highest BCUT2D eigenvalue weighted by atomic mass is 16.3. The summed E-state index contributed by atoms with van der Waals surface area (Å²) >= 11 is 0. The maximum atomic E-state index is 9.89. The molecule has 1 heteroatoms. The van der Waals surface area contributed by atoms with Gasteiger partial charge in [-0.05, 0) is 48.8 Å². The Morgan fingerprint density at radius 2 is 1.81 bits per heavy atom. The first-order chi connectivity index (χ1) is 7.72. The third kappa shape index (κ3) is 3.26. The first-order valence-electron chi connectivity index (χ1n) is 6.54. The predicted molar refractivity (Wildman–Crippen MR) is 70.0 cm³/mol. The summed E-state index contributed by atoms with van der Waals surface area (Å²) in [5.74, 6) is 0.968. The molecule has 16 heavy (non-hydrogen) atoms. The molecule has 0 aliphatic rings. The fourth-order valence-corrected chi connectivity index (χ4v) is 2.20. The minimum absolute atomic E-state index is 0.467. The van der Waals surface area contributed by atoms with Crippen LogP contribution in [0.5, 0.6) is 5.75 Å². The lowest BCUT2D eigenvalue weighted by Crippen LogP contribution is -1.97. The van der Waals surface area contributed by atoms with Crippen LogP contribution in [0.1, 0.15) is 63.5 Å². The van der Waals surface area contributed by atoms with Crippen molar-refractivity contribution in [3.63, 3.8) is 0 Å². The van der Waals surface area contributed by atoms with Crippen LogP contribution in [0.4, 0.5) is 0 Å². The Kier molecular flexibility index (Phi) is 5.37. The van der Waals surface area contributed by atoms with Crippen molar-refractivity contribution in [3.8, 4) is 5.75 Å². The van der Waals surface area contributed by atoms with Crippen LogP contribution in [-0.4, -0.2) is 5.11 Å². The van der Waals surface area contributed by atoms with Gasteiger partial charge < -0.3 is 5.11 Å². The van der Waals surface area contributed by atoms with Crippen LogP contribution in [0, 0.1) is 0 Å². The van der Waals surface area contributed by atoms with E-state index in [0.717, 1.165) is 24.8 Å². The standard InChI is InChI=1S/C15H24O/c1-4-7-8-12-9-10-15(16)14(11-12)13(5-2)6-3/h9-11,13,16H,4-8H2,1-3H3. The van der Waals surface area contributed by atoms with Crippen LogP contribution in [0.3, 0.4) is 0 Å². The van der Waals surface area contributed by atoms with E-state index in [1.54, 1.807) is 0 Å². The van der Waals surface area contributed by atoms with E-state index in [2.05, 4.69) is 32.9 Å². The van der Waals surface area contributed by atoms with E-state index >= 15 is 0 Å². The van der Waals surface area contributed by atoms with Crippen LogP contribution in [0.15, 0.2) is 18.2 Å². The summed E-state index contributed by atoms with van der Waals surface area (Å²) in [4.78, 5) is 0. The summed E-state index contributed by atoms with van der Waals surface area (Å²) in [5.41, 5.74) is 2.50. The van der Waals surface area contributed by atoms with Gasteiger partial charge >= 0.3 is 0 Å². The van der Waals surface area contributed by atoms with Crippen molar-refractivity contribution in [2.45, 2.75) is 58.8 Å². The van der Waals surface area contributed by atoms with E-state index in [9.17, 15) is 5.11 Å². The quantitative estimate of drug-likeness (QED) is 0.740. The lowest BCUT2D eigenvalue weighted by Gasteiger charge is -2.15. The molecule has 0 aromatic heterocycles. The van der Waals surface area contributed by atoms with Crippen LogP contribution < -0.4 is 0 Å². The number of aromatic hydroxyl groups is 1. The molecule has 1 N–H and O–H groups in total. The second-order valence-corrected chi connectivity index (χ2v) is 4.51. The molecular weight excluding hydrogens is 196 g/mol. The van der Waals surface area contributed by atoms with E-state index in [-0.39, 0.29) is 0 Å². The Balaban J connectivity index is 2.89. The van der Waals surface area contributed by atoms with Crippen LogP contribution in [0.2, 0.25) is 0 Å². The summed E-state index contributed by atoms with van der Waals surface area (Å²) in [6.07, 6.45) is 5.78. The van der Waals surface area contributed by atoms with Crippen molar-refractivity contribution < 1.29 is 5.11 Å². The van der Waals surface area contributed by atoms with Gasteiger partial charge in [0.05, 0.1) is 0 Å². The average Bonchev–Trinajstić information content (AvgIpc) is 2.31. The van der Waals surface area contributed by atoms with Gasteiger partial charge in [-0.25, -0.2) is 0 Å². The maximum Gasteiger partial charge on any atom is 0.119 e. The predicted octanol–water partition coefficient (Wildman–Crippen LogP) is 4.64. The van der Waals surface area contributed by atoms with Crippen LogP contribution >= 0.6 is 0 Å². The Hall–Kier alpha value is -0.980. The summed E-state index contributed by atoms with van der Waals surface area (Å²) in [5, 5.41) is 9.89. The molecular formula is C15H24O. The second kappa shape index (κ2) is 6.57. The van der Waals surface area contributed by atoms with E-state index in [0.29, 0.717) is 11.7 Å². The smallest absolute Gasteiger partial charge is 0.119 e. The number of phenols is 1. The van der Waals surface area contributed by atoms with Gasteiger partial charge in [-0.1, -0.05) is 39.3 Å². The molecule has 0 atom stereocenters. The van der Waals surface area contributed by atoms with Gasteiger partial charge in [0.25, 0.3) is 0 Å². The first kappa shape index (κ1) is 13.1. The van der Waals surface area contributed by atoms with Crippen LogP contribution in [-0.2, 0) is 6.42 Å². The minimum atomic E-state index is 0.467. The molecule has 0 bridgehead atoms. The molecule has 1 nitrogen and oxygen atoms in total. The van der Waals surface area contributed by atoms with Crippen molar-refractivity contribution >= 4 is 0 Å². The third-order valence-electron chi connectivity index (χ3n) is 3.34. The van der Waals surface area contributed by atoms with E-state index in [1.807, 2.05) is 6.07 Å². The van der Waals surface area contributed by atoms with Crippen molar-refractivity contribution in [2.75, 3.05) is 0 Å². The molecule has 0 saturated carbocycles. The summed E-state index contributed by atoms with van der Waals surface area (Å²) in [6.45, 7) is 6.58. The topological polar surface area (TPSA) is 20.2 Å². The van der Waals surface area contributed by atoms with Gasteiger partial charge in [0.2, 0.25) is 0 Å². The highest BCUT2D eigenvalue weighted by molar-refractivity contribution is 5.38. The molecule has 0 radical (unpaired) electrons. The molecule has 1 rings (SSSR count). The highest BCUT2D eigenvalue weighted by Crippen LogP contribution is 2.31.